The van der Waals surface area contributed by atoms with Gasteiger partial charge in [0.05, 0.1) is 19.3 Å². The van der Waals surface area contributed by atoms with Crippen LogP contribution < -0.4 is 5.32 Å². The number of hydrogen-bond donors (Lipinski definition) is 1. The predicted octanol–water partition coefficient (Wildman–Crippen LogP) is 2.48. The molecular weight excluding hydrogens is 214 g/mol. The second-order valence-electron chi connectivity index (χ2n) is 5.01. The molecule has 3 nitrogen and oxygen atoms in total. The average molecular weight is 239 g/mol. The molecule has 98 valence electrons. The minimum atomic E-state index is 0.371. The molecule has 0 saturated carbocycles. The first kappa shape index (κ1) is 12.9. The Morgan fingerprint density at radius 2 is 2.35 bits per heavy atom. The summed E-state index contributed by atoms with van der Waals surface area (Å²) < 4.78 is 11.4. The zero-order valence-corrected chi connectivity index (χ0v) is 10.9. The molecule has 2 aliphatic heterocycles. The first-order valence-electron chi connectivity index (χ1n) is 7.05. The summed E-state index contributed by atoms with van der Waals surface area (Å²) in [5.74, 6) is 1.75. The quantitative estimate of drug-likeness (QED) is 0.799. The van der Waals surface area contributed by atoms with Crippen molar-refractivity contribution in [3.05, 3.63) is 11.8 Å². The van der Waals surface area contributed by atoms with E-state index in [0.717, 1.165) is 45.6 Å². The monoisotopic (exact) mass is 239 g/mol. The third-order valence-corrected chi connectivity index (χ3v) is 3.55. The summed E-state index contributed by atoms with van der Waals surface area (Å²) in [6.07, 6.45) is 8.19. The molecule has 17 heavy (non-hydrogen) atoms. The van der Waals surface area contributed by atoms with Crippen LogP contribution >= 0.6 is 0 Å². The molecule has 0 spiro atoms. The molecule has 2 aliphatic rings. The van der Waals surface area contributed by atoms with Gasteiger partial charge in [0, 0.05) is 12.5 Å². The summed E-state index contributed by atoms with van der Waals surface area (Å²) >= 11 is 0. The van der Waals surface area contributed by atoms with Gasteiger partial charge in [-0.05, 0) is 44.7 Å². The van der Waals surface area contributed by atoms with Crippen LogP contribution in [0.4, 0.5) is 0 Å². The van der Waals surface area contributed by atoms with E-state index in [-0.39, 0.29) is 0 Å². The van der Waals surface area contributed by atoms with Gasteiger partial charge in [-0.15, -0.1) is 0 Å². The predicted molar refractivity (Wildman–Crippen MR) is 68.9 cm³/mol. The molecule has 1 fully saturated rings. The Balaban J connectivity index is 1.97. The van der Waals surface area contributed by atoms with Gasteiger partial charge >= 0.3 is 0 Å². The Labute approximate surface area is 105 Å². The van der Waals surface area contributed by atoms with Crippen LogP contribution in [0.25, 0.3) is 0 Å². The lowest BCUT2D eigenvalue weighted by atomic mass is 9.91. The SMILES string of the molecule is CCCNC(C1=CCCCO1)C1CCCOC1. The molecular formula is C14H25NO2. The van der Waals surface area contributed by atoms with E-state index in [1.807, 2.05) is 0 Å². The van der Waals surface area contributed by atoms with E-state index < -0.39 is 0 Å². The van der Waals surface area contributed by atoms with Gasteiger partial charge in [0.2, 0.25) is 0 Å². The number of ether oxygens (including phenoxy) is 2. The van der Waals surface area contributed by atoms with Crippen LogP contribution in [0.5, 0.6) is 0 Å². The zero-order valence-electron chi connectivity index (χ0n) is 10.9. The van der Waals surface area contributed by atoms with Crippen molar-refractivity contribution < 1.29 is 9.47 Å². The molecule has 1 N–H and O–H groups in total. The van der Waals surface area contributed by atoms with Crippen molar-refractivity contribution in [1.29, 1.82) is 0 Å². The topological polar surface area (TPSA) is 30.5 Å². The van der Waals surface area contributed by atoms with Crippen LogP contribution in [0.15, 0.2) is 11.8 Å². The van der Waals surface area contributed by atoms with Gasteiger partial charge in [-0.2, -0.15) is 0 Å². The molecule has 0 radical (unpaired) electrons. The second kappa shape index (κ2) is 7.02. The molecule has 0 aromatic rings. The highest BCUT2D eigenvalue weighted by molar-refractivity contribution is 5.08. The molecule has 2 rings (SSSR count). The molecule has 2 unspecified atom stereocenters. The summed E-state index contributed by atoms with van der Waals surface area (Å²) in [7, 11) is 0. The van der Waals surface area contributed by atoms with Crippen molar-refractivity contribution in [2.75, 3.05) is 26.4 Å². The maximum absolute atomic E-state index is 5.83. The Morgan fingerprint density at radius 3 is 3.00 bits per heavy atom. The highest BCUT2D eigenvalue weighted by Crippen LogP contribution is 2.25. The fourth-order valence-electron chi connectivity index (χ4n) is 2.62. The van der Waals surface area contributed by atoms with Crippen molar-refractivity contribution in [2.45, 2.75) is 45.1 Å². The second-order valence-corrected chi connectivity index (χ2v) is 5.01. The van der Waals surface area contributed by atoms with Crippen molar-refractivity contribution >= 4 is 0 Å². The Bertz CT molecular complexity index is 247. The Hall–Kier alpha value is -0.540. The lowest BCUT2D eigenvalue weighted by Gasteiger charge is -2.33. The number of hydrogen-bond acceptors (Lipinski definition) is 3. The number of rotatable bonds is 5. The standard InChI is InChI=1S/C14H25NO2/c1-2-8-15-14(12-6-5-9-16-11-12)13-7-3-4-10-17-13/h7,12,14-15H,2-6,8-11H2,1H3. The van der Waals surface area contributed by atoms with Gasteiger partial charge in [0.1, 0.15) is 5.76 Å². The van der Waals surface area contributed by atoms with E-state index in [1.165, 1.54) is 18.6 Å². The van der Waals surface area contributed by atoms with Crippen LogP contribution in [0.3, 0.4) is 0 Å². The minimum absolute atomic E-state index is 0.371. The summed E-state index contributed by atoms with van der Waals surface area (Å²) in [6, 6.07) is 0.371. The zero-order chi connectivity index (χ0) is 11.9. The molecule has 0 bridgehead atoms. The summed E-state index contributed by atoms with van der Waals surface area (Å²) in [4.78, 5) is 0. The highest BCUT2D eigenvalue weighted by Gasteiger charge is 2.28. The van der Waals surface area contributed by atoms with E-state index in [1.54, 1.807) is 0 Å². The van der Waals surface area contributed by atoms with Gasteiger partial charge in [-0.25, -0.2) is 0 Å². The van der Waals surface area contributed by atoms with Gasteiger partial charge in [0.15, 0.2) is 0 Å². The van der Waals surface area contributed by atoms with Crippen LogP contribution in [-0.2, 0) is 9.47 Å². The van der Waals surface area contributed by atoms with Crippen molar-refractivity contribution in [1.82, 2.24) is 5.32 Å². The van der Waals surface area contributed by atoms with Gasteiger partial charge in [-0.1, -0.05) is 6.92 Å². The van der Waals surface area contributed by atoms with Crippen LogP contribution in [0.2, 0.25) is 0 Å². The molecule has 0 aliphatic carbocycles. The van der Waals surface area contributed by atoms with Crippen molar-refractivity contribution in [3.8, 4) is 0 Å². The first-order valence-corrected chi connectivity index (χ1v) is 7.05. The summed E-state index contributed by atoms with van der Waals surface area (Å²) in [6.45, 7) is 5.95. The van der Waals surface area contributed by atoms with E-state index in [0.29, 0.717) is 12.0 Å². The van der Waals surface area contributed by atoms with Crippen LogP contribution in [-0.4, -0.2) is 32.4 Å². The third-order valence-electron chi connectivity index (χ3n) is 3.55. The maximum atomic E-state index is 5.83. The minimum Gasteiger partial charge on any atom is -0.497 e. The Morgan fingerprint density at radius 1 is 1.41 bits per heavy atom. The van der Waals surface area contributed by atoms with E-state index in [9.17, 15) is 0 Å². The smallest absolute Gasteiger partial charge is 0.109 e. The highest BCUT2D eigenvalue weighted by atomic mass is 16.5. The fourth-order valence-corrected chi connectivity index (χ4v) is 2.62. The van der Waals surface area contributed by atoms with Gasteiger partial charge in [-0.3, -0.25) is 0 Å². The molecule has 1 saturated heterocycles. The largest absolute Gasteiger partial charge is 0.497 e. The lowest BCUT2D eigenvalue weighted by molar-refractivity contribution is 0.0315. The Kier molecular flexibility index (Phi) is 5.33. The van der Waals surface area contributed by atoms with Gasteiger partial charge in [0.25, 0.3) is 0 Å². The molecule has 0 aromatic carbocycles. The summed E-state index contributed by atoms with van der Waals surface area (Å²) in [5.41, 5.74) is 0. The van der Waals surface area contributed by atoms with Crippen LogP contribution in [0.1, 0.15) is 39.0 Å². The van der Waals surface area contributed by atoms with E-state index in [2.05, 4.69) is 18.3 Å². The third kappa shape index (κ3) is 3.71. The van der Waals surface area contributed by atoms with Gasteiger partial charge < -0.3 is 14.8 Å². The molecule has 2 atom stereocenters. The number of nitrogens with one attached hydrogen (secondary N) is 1. The van der Waals surface area contributed by atoms with Crippen LogP contribution in [0, 0.1) is 5.92 Å². The first-order chi connectivity index (χ1) is 8.42. The summed E-state index contributed by atoms with van der Waals surface area (Å²) in [5, 5.41) is 3.64. The van der Waals surface area contributed by atoms with Crippen molar-refractivity contribution in [2.24, 2.45) is 5.92 Å². The van der Waals surface area contributed by atoms with E-state index in [4.69, 9.17) is 9.47 Å². The molecule has 0 aromatic heterocycles. The number of allylic oxidation sites excluding steroid dienone is 1. The lowest BCUT2D eigenvalue weighted by Crippen LogP contribution is -2.43. The molecule has 3 heteroatoms. The normalized spacial score (nSPS) is 27.1. The molecule has 2 heterocycles. The fraction of sp³-hybridized carbons (Fsp3) is 0.857. The maximum Gasteiger partial charge on any atom is 0.109 e. The molecule has 0 amide bonds. The average Bonchev–Trinajstić information content (AvgIpc) is 2.42. The van der Waals surface area contributed by atoms with E-state index >= 15 is 0 Å². The van der Waals surface area contributed by atoms with Crippen molar-refractivity contribution in [3.63, 3.8) is 0 Å².